The molecule has 0 bridgehead atoms. The van der Waals surface area contributed by atoms with Crippen LogP contribution in [0.25, 0.3) is 0 Å². The van der Waals surface area contributed by atoms with Crippen molar-refractivity contribution < 1.29 is 5.11 Å². The van der Waals surface area contributed by atoms with Gasteiger partial charge in [0.25, 0.3) is 0 Å². The summed E-state index contributed by atoms with van der Waals surface area (Å²) in [5.74, 6) is 0.170. The van der Waals surface area contributed by atoms with Crippen molar-refractivity contribution in [3.63, 3.8) is 0 Å². The highest BCUT2D eigenvalue weighted by Gasteiger charge is 2.28. The van der Waals surface area contributed by atoms with Gasteiger partial charge in [-0.05, 0) is 31.9 Å². The summed E-state index contributed by atoms with van der Waals surface area (Å²) in [5, 5.41) is 18.9. The summed E-state index contributed by atoms with van der Waals surface area (Å²) in [7, 11) is 0. The van der Waals surface area contributed by atoms with Crippen molar-refractivity contribution in [2.24, 2.45) is 0 Å². The van der Waals surface area contributed by atoms with Crippen molar-refractivity contribution in [3.05, 3.63) is 53.0 Å². The molecule has 0 spiro atoms. The topological polar surface area (TPSA) is 95.9 Å². The highest BCUT2D eigenvalue weighted by atomic mass is 35.5. The molecule has 0 saturated carbocycles. The zero-order valence-electron chi connectivity index (χ0n) is 12.6. The molecule has 6 heteroatoms. The third-order valence-corrected chi connectivity index (χ3v) is 4.00. The van der Waals surface area contributed by atoms with Gasteiger partial charge in [0.05, 0.1) is 29.4 Å². The molecule has 0 amide bonds. The fraction of sp³-hybridized carbons (Fsp3) is 0.312. The molecule has 5 nitrogen and oxygen atoms in total. The number of nitrogens with one attached hydrogen (secondary N) is 1. The first kappa shape index (κ1) is 16.4. The third-order valence-electron chi connectivity index (χ3n) is 3.61. The Morgan fingerprint density at radius 2 is 2.09 bits per heavy atom. The van der Waals surface area contributed by atoms with Crippen molar-refractivity contribution in [1.82, 2.24) is 9.97 Å². The average molecular weight is 319 g/mol. The zero-order valence-corrected chi connectivity index (χ0v) is 13.4. The van der Waals surface area contributed by atoms with Gasteiger partial charge in [0.1, 0.15) is 5.82 Å². The second-order valence-corrected chi connectivity index (χ2v) is 6.22. The molecular formula is C16H19ClN4O. The quantitative estimate of drug-likeness (QED) is 0.744. The molecule has 1 aliphatic rings. The maximum Gasteiger partial charge on any atom is 0.141 e. The summed E-state index contributed by atoms with van der Waals surface area (Å²) in [5.41, 5.74) is 6.45. The van der Waals surface area contributed by atoms with Crippen LogP contribution in [0.1, 0.15) is 31.9 Å². The number of halogens is 1. The van der Waals surface area contributed by atoms with E-state index in [9.17, 15) is 5.11 Å². The van der Waals surface area contributed by atoms with E-state index in [1.807, 2.05) is 0 Å². The predicted molar refractivity (Wildman–Crippen MR) is 89.0 cm³/mol. The molecule has 22 heavy (non-hydrogen) atoms. The van der Waals surface area contributed by atoms with Gasteiger partial charge in [0.15, 0.2) is 0 Å². The minimum Gasteiger partial charge on any atom is -0.386 e. The van der Waals surface area contributed by atoms with Gasteiger partial charge in [0.2, 0.25) is 0 Å². The second-order valence-electron chi connectivity index (χ2n) is 5.78. The number of aliphatic hydroxyl groups is 1. The normalized spacial score (nSPS) is 18.5. The smallest absolute Gasteiger partial charge is 0.141 e. The van der Waals surface area contributed by atoms with Gasteiger partial charge in [-0.1, -0.05) is 24.3 Å². The average Bonchev–Trinajstić information content (AvgIpc) is 2.46. The van der Waals surface area contributed by atoms with Crippen molar-refractivity contribution in [3.8, 4) is 0 Å². The first-order valence-corrected chi connectivity index (χ1v) is 7.22. The van der Waals surface area contributed by atoms with Crippen molar-refractivity contribution in [2.45, 2.75) is 31.8 Å². The Bertz CT molecular complexity index is 668. The Morgan fingerprint density at radius 3 is 2.64 bits per heavy atom. The van der Waals surface area contributed by atoms with Gasteiger partial charge in [-0.15, -0.1) is 0 Å². The van der Waals surface area contributed by atoms with Gasteiger partial charge in [0, 0.05) is 16.5 Å². The van der Waals surface area contributed by atoms with Crippen LogP contribution in [0.15, 0.2) is 47.3 Å². The van der Waals surface area contributed by atoms with E-state index >= 15 is 0 Å². The molecule has 0 saturated heterocycles. The molecule has 1 unspecified atom stereocenters. The monoisotopic (exact) mass is 318 g/mol. The number of nitrogen functional groups attached to an aromatic ring is 1. The fourth-order valence-corrected chi connectivity index (χ4v) is 2.39. The molecule has 4 N–H and O–H groups in total. The molecule has 0 radical (unpaired) electrons. The lowest BCUT2D eigenvalue weighted by atomic mass is 9.84. The Balaban J connectivity index is 2.26. The van der Waals surface area contributed by atoms with E-state index < -0.39 is 5.60 Å². The Labute approximate surface area is 134 Å². The number of aromatic nitrogens is 2. The van der Waals surface area contributed by atoms with Crippen LogP contribution in [0.2, 0.25) is 0 Å². The number of hydrogen-bond acceptors (Lipinski definition) is 5. The van der Waals surface area contributed by atoms with Crippen LogP contribution in [-0.2, 0) is 0 Å². The van der Waals surface area contributed by atoms with Crippen molar-refractivity contribution in [1.29, 1.82) is 5.41 Å². The van der Waals surface area contributed by atoms with Crippen LogP contribution < -0.4 is 5.73 Å². The Hall–Kier alpha value is -1.98. The Kier molecular flexibility index (Phi) is 4.49. The number of nitrogens with zero attached hydrogens (tertiary/aromatic N) is 2. The SMILES string of the molecule is C=C(C(=N)C1=CC=C(Cl)C(c2cnc(N)cn2)C1)C(C)(C)O. The van der Waals surface area contributed by atoms with E-state index in [4.69, 9.17) is 22.7 Å². The lowest BCUT2D eigenvalue weighted by Gasteiger charge is -2.26. The van der Waals surface area contributed by atoms with Gasteiger partial charge >= 0.3 is 0 Å². The molecule has 116 valence electrons. The summed E-state index contributed by atoms with van der Waals surface area (Å²) < 4.78 is 0. The molecule has 1 aromatic rings. The maximum absolute atomic E-state index is 10.0. The van der Waals surface area contributed by atoms with E-state index in [1.54, 1.807) is 32.2 Å². The summed E-state index contributed by atoms with van der Waals surface area (Å²) in [4.78, 5) is 8.29. The maximum atomic E-state index is 10.0. The first-order valence-electron chi connectivity index (χ1n) is 6.85. The molecular weight excluding hydrogens is 300 g/mol. The molecule has 1 aromatic heterocycles. The summed E-state index contributed by atoms with van der Waals surface area (Å²) >= 11 is 6.27. The summed E-state index contributed by atoms with van der Waals surface area (Å²) in [6.45, 7) is 7.04. The largest absolute Gasteiger partial charge is 0.386 e. The summed E-state index contributed by atoms with van der Waals surface area (Å²) in [6, 6.07) is 0. The van der Waals surface area contributed by atoms with E-state index in [-0.39, 0.29) is 11.6 Å². The Morgan fingerprint density at radius 1 is 1.41 bits per heavy atom. The third kappa shape index (κ3) is 3.43. The van der Waals surface area contributed by atoms with Gasteiger partial charge in [-0.2, -0.15) is 0 Å². The molecule has 1 aliphatic carbocycles. The molecule has 0 fully saturated rings. The van der Waals surface area contributed by atoms with Crippen LogP contribution in [0, 0.1) is 5.41 Å². The minimum atomic E-state index is -1.14. The van der Waals surface area contributed by atoms with Crippen LogP contribution >= 0.6 is 11.6 Å². The van der Waals surface area contributed by atoms with Crippen molar-refractivity contribution in [2.75, 3.05) is 5.73 Å². The lowest BCUT2D eigenvalue weighted by Crippen LogP contribution is -2.28. The highest BCUT2D eigenvalue weighted by Crippen LogP contribution is 2.37. The minimum absolute atomic E-state index is 0.176. The first-order chi connectivity index (χ1) is 10.2. The van der Waals surface area contributed by atoms with Crippen LogP contribution in [0.3, 0.4) is 0 Å². The van der Waals surface area contributed by atoms with E-state index in [2.05, 4.69) is 16.5 Å². The molecule has 1 heterocycles. The number of nitrogens with two attached hydrogens (primary N) is 1. The standard InChI is InChI=1S/C16H19ClN4O/c1-9(16(2,3)22)15(19)10-4-5-12(17)11(6-10)13-7-21-14(18)8-20-13/h4-5,7-8,11,19,22H,1,6H2,2-3H3,(H2,18,21). The number of rotatable bonds is 4. The predicted octanol–water partition coefficient (Wildman–Crippen LogP) is 2.94. The molecule has 2 rings (SSSR count). The van der Waals surface area contributed by atoms with Crippen molar-refractivity contribution >= 4 is 23.1 Å². The molecule has 1 atom stereocenters. The highest BCUT2D eigenvalue weighted by molar-refractivity contribution is 6.30. The zero-order chi connectivity index (χ0) is 16.5. The van der Waals surface area contributed by atoms with E-state index in [0.717, 1.165) is 5.57 Å². The molecule has 0 aliphatic heterocycles. The van der Waals surface area contributed by atoms with Crippen LogP contribution in [0.5, 0.6) is 0 Å². The van der Waals surface area contributed by atoms with E-state index in [1.165, 1.54) is 6.20 Å². The number of anilines is 1. The second kappa shape index (κ2) is 6.02. The van der Waals surface area contributed by atoms with Crippen LogP contribution in [-0.4, -0.2) is 26.4 Å². The van der Waals surface area contributed by atoms with Gasteiger partial charge < -0.3 is 16.2 Å². The number of allylic oxidation sites excluding steroid dienone is 4. The van der Waals surface area contributed by atoms with Gasteiger partial charge in [-0.25, -0.2) is 4.98 Å². The number of hydrogen-bond donors (Lipinski definition) is 3. The lowest BCUT2D eigenvalue weighted by molar-refractivity contribution is 0.126. The van der Waals surface area contributed by atoms with Gasteiger partial charge in [-0.3, -0.25) is 4.98 Å². The fourth-order valence-electron chi connectivity index (χ4n) is 2.14. The van der Waals surface area contributed by atoms with Crippen LogP contribution in [0.4, 0.5) is 5.82 Å². The van der Waals surface area contributed by atoms with E-state index in [0.29, 0.717) is 28.5 Å². The summed E-state index contributed by atoms with van der Waals surface area (Å²) in [6.07, 6.45) is 7.10. The molecule has 0 aromatic carbocycles.